The van der Waals surface area contributed by atoms with Gasteiger partial charge in [0, 0.05) is 19.6 Å². The summed E-state index contributed by atoms with van der Waals surface area (Å²) < 4.78 is 10.4. The summed E-state index contributed by atoms with van der Waals surface area (Å²) in [5, 5.41) is 80.6. The van der Waals surface area contributed by atoms with Gasteiger partial charge in [0.1, 0.15) is 42.7 Å². The second-order valence-electron chi connectivity index (χ2n) is 6.10. The first-order valence-corrected chi connectivity index (χ1v) is 8.30. The number of nitrogens with two attached hydrogens (primary N) is 1. The molecule has 0 amide bonds. The van der Waals surface area contributed by atoms with Crippen LogP contribution < -0.4 is 11.1 Å². The van der Waals surface area contributed by atoms with Gasteiger partial charge >= 0.3 is 0 Å². The van der Waals surface area contributed by atoms with E-state index in [0.717, 1.165) is 0 Å². The maximum absolute atomic E-state index is 10.2. The minimum absolute atomic E-state index is 0.0922. The topological polar surface area (TPSA) is 218 Å². The quantitative estimate of drug-likeness (QED) is 0.150. The van der Waals surface area contributed by atoms with Crippen molar-refractivity contribution in [2.75, 3.05) is 32.8 Å². The van der Waals surface area contributed by atoms with E-state index in [0.29, 0.717) is 13.1 Å². The van der Waals surface area contributed by atoms with E-state index in [1.807, 2.05) is 0 Å². The highest BCUT2D eigenvalue weighted by Gasteiger charge is 2.46. The van der Waals surface area contributed by atoms with Crippen LogP contribution in [0, 0.1) is 0 Å². The van der Waals surface area contributed by atoms with E-state index < -0.39 is 68.3 Å². The molecule has 12 nitrogen and oxygen atoms in total. The standard InChI is InChI=1S/C14H30N2O10/c15-1-2-16-3-6(19)9(21)13(7(20)4-17)26-14-12(24)11(23)10(22)8(5-18)25-14/h6-14,16-24H,1-5,15H2/t6-,7+,8+,9+,10+,11-,12+,13+,14+/m0/s1. The summed E-state index contributed by atoms with van der Waals surface area (Å²) in [5.74, 6) is 0. The van der Waals surface area contributed by atoms with Crippen LogP contribution in [0.4, 0.5) is 0 Å². The average Bonchev–Trinajstić information content (AvgIpc) is 2.64. The smallest absolute Gasteiger partial charge is 0.187 e. The number of hydrogen-bond acceptors (Lipinski definition) is 12. The molecule has 26 heavy (non-hydrogen) atoms. The Kier molecular flexibility index (Phi) is 10.3. The van der Waals surface area contributed by atoms with Gasteiger partial charge in [-0.3, -0.25) is 0 Å². The molecule has 1 saturated heterocycles. The molecule has 1 heterocycles. The van der Waals surface area contributed by atoms with Crippen molar-refractivity contribution in [2.45, 2.75) is 55.1 Å². The van der Waals surface area contributed by atoms with Crippen molar-refractivity contribution >= 4 is 0 Å². The molecule has 0 saturated carbocycles. The van der Waals surface area contributed by atoms with E-state index in [1.54, 1.807) is 0 Å². The van der Waals surface area contributed by atoms with E-state index in [4.69, 9.17) is 25.4 Å². The first kappa shape index (κ1) is 23.6. The molecule has 0 aromatic rings. The van der Waals surface area contributed by atoms with Crippen LogP contribution in [-0.2, 0) is 9.47 Å². The number of ether oxygens (including phenoxy) is 2. The second kappa shape index (κ2) is 11.4. The van der Waals surface area contributed by atoms with E-state index in [1.165, 1.54) is 0 Å². The highest BCUT2D eigenvalue weighted by molar-refractivity contribution is 4.91. The predicted molar refractivity (Wildman–Crippen MR) is 85.7 cm³/mol. The van der Waals surface area contributed by atoms with Crippen LogP contribution in [0.2, 0.25) is 0 Å². The summed E-state index contributed by atoms with van der Waals surface area (Å²) in [4.78, 5) is 0. The van der Waals surface area contributed by atoms with Crippen LogP contribution in [0.15, 0.2) is 0 Å². The number of hydrogen-bond donors (Lipinski definition) is 10. The Labute approximate surface area is 150 Å². The zero-order valence-electron chi connectivity index (χ0n) is 14.2. The summed E-state index contributed by atoms with van der Waals surface area (Å²) in [6, 6.07) is 0. The molecule has 1 aliphatic rings. The van der Waals surface area contributed by atoms with Gasteiger partial charge in [0.2, 0.25) is 0 Å². The fourth-order valence-corrected chi connectivity index (χ4v) is 2.53. The van der Waals surface area contributed by atoms with Gasteiger partial charge in [-0.15, -0.1) is 0 Å². The molecule has 0 spiro atoms. The van der Waals surface area contributed by atoms with E-state index >= 15 is 0 Å². The second-order valence-corrected chi connectivity index (χ2v) is 6.10. The first-order valence-electron chi connectivity index (χ1n) is 8.30. The highest BCUT2D eigenvalue weighted by atomic mass is 16.7. The molecule has 1 aliphatic heterocycles. The molecule has 0 aromatic carbocycles. The van der Waals surface area contributed by atoms with Gasteiger partial charge in [-0.1, -0.05) is 0 Å². The molecule has 12 heteroatoms. The maximum atomic E-state index is 10.2. The lowest BCUT2D eigenvalue weighted by Crippen LogP contribution is -2.61. The molecule has 0 bridgehead atoms. The lowest BCUT2D eigenvalue weighted by molar-refractivity contribution is -0.327. The average molecular weight is 386 g/mol. The number of aliphatic hydroxyl groups excluding tert-OH is 8. The van der Waals surface area contributed by atoms with Gasteiger partial charge in [0.05, 0.1) is 19.3 Å². The fourth-order valence-electron chi connectivity index (χ4n) is 2.53. The molecule has 0 radical (unpaired) electrons. The van der Waals surface area contributed by atoms with Crippen LogP contribution in [-0.4, -0.2) is 129 Å². The zero-order valence-corrected chi connectivity index (χ0v) is 14.2. The molecule has 11 N–H and O–H groups in total. The summed E-state index contributed by atoms with van der Waals surface area (Å²) in [6.07, 6.45) is -14.3. The normalized spacial score (nSPS) is 34.3. The van der Waals surface area contributed by atoms with Crippen LogP contribution in [0.25, 0.3) is 0 Å². The third-order valence-corrected chi connectivity index (χ3v) is 4.11. The third kappa shape index (κ3) is 6.02. The Morgan fingerprint density at radius 2 is 1.65 bits per heavy atom. The molecule has 156 valence electrons. The SMILES string of the molecule is NCCNC[C@H](O)[C@@H](O)[C@H](O[C@H]1O[C@H](CO)[C@@H](O)[C@H](O)[C@H]1O)[C@H](O)CO. The van der Waals surface area contributed by atoms with E-state index in [9.17, 15) is 30.6 Å². The van der Waals surface area contributed by atoms with Crippen LogP contribution >= 0.6 is 0 Å². The van der Waals surface area contributed by atoms with E-state index in [2.05, 4.69) is 5.32 Å². The summed E-state index contributed by atoms with van der Waals surface area (Å²) >= 11 is 0. The maximum Gasteiger partial charge on any atom is 0.187 e. The molecular weight excluding hydrogens is 356 g/mol. The minimum Gasteiger partial charge on any atom is -0.394 e. The monoisotopic (exact) mass is 386 g/mol. The Hall–Kier alpha value is -0.480. The number of rotatable bonds is 11. The molecule has 1 rings (SSSR count). The van der Waals surface area contributed by atoms with Crippen molar-refractivity contribution in [1.29, 1.82) is 0 Å². The Bertz CT molecular complexity index is 391. The van der Waals surface area contributed by atoms with Crippen molar-refractivity contribution in [1.82, 2.24) is 5.32 Å². The van der Waals surface area contributed by atoms with Crippen molar-refractivity contribution in [3.8, 4) is 0 Å². The number of nitrogens with one attached hydrogen (secondary N) is 1. The van der Waals surface area contributed by atoms with Crippen LogP contribution in [0.3, 0.4) is 0 Å². The summed E-state index contributed by atoms with van der Waals surface area (Å²) in [6.45, 7) is -0.948. The van der Waals surface area contributed by atoms with Crippen LogP contribution in [0.1, 0.15) is 0 Å². The summed E-state index contributed by atoms with van der Waals surface area (Å²) in [5.41, 5.74) is 5.30. The zero-order chi connectivity index (χ0) is 19.9. The molecule has 1 fully saturated rings. The molecule has 0 aliphatic carbocycles. The molecule has 0 aromatic heterocycles. The van der Waals surface area contributed by atoms with Crippen LogP contribution in [0.5, 0.6) is 0 Å². The first-order chi connectivity index (χ1) is 12.3. The Morgan fingerprint density at radius 1 is 1.00 bits per heavy atom. The van der Waals surface area contributed by atoms with Gasteiger partial charge in [-0.25, -0.2) is 0 Å². The van der Waals surface area contributed by atoms with Gasteiger partial charge in [-0.2, -0.15) is 0 Å². The molecular formula is C14H30N2O10. The summed E-state index contributed by atoms with van der Waals surface area (Å²) in [7, 11) is 0. The van der Waals surface area contributed by atoms with Gasteiger partial charge < -0.3 is 61.4 Å². The Morgan fingerprint density at radius 3 is 2.19 bits per heavy atom. The lowest BCUT2D eigenvalue weighted by Gasteiger charge is -2.42. The van der Waals surface area contributed by atoms with Gasteiger partial charge in [-0.05, 0) is 0 Å². The van der Waals surface area contributed by atoms with Gasteiger partial charge in [0.15, 0.2) is 6.29 Å². The number of aliphatic hydroxyl groups is 8. The molecule has 0 unspecified atom stereocenters. The lowest BCUT2D eigenvalue weighted by atomic mass is 9.98. The minimum atomic E-state index is -1.76. The highest BCUT2D eigenvalue weighted by Crippen LogP contribution is 2.24. The third-order valence-electron chi connectivity index (χ3n) is 4.11. The van der Waals surface area contributed by atoms with Crippen molar-refractivity contribution in [2.24, 2.45) is 5.73 Å². The van der Waals surface area contributed by atoms with Crippen molar-refractivity contribution in [3.05, 3.63) is 0 Å². The fraction of sp³-hybridized carbons (Fsp3) is 1.00. The van der Waals surface area contributed by atoms with Crippen molar-refractivity contribution < 1.29 is 50.3 Å². The van der Waals surface area contributed by atoms with Crippen molar-refractivity contribution in [3.63, 3.8) is 0 Å². The molecule has 9 atom stereocenters. The Balaban J connectivity index is 2.82. The predicted octanol–water partition coefficient (Wildman–Crippen LogP) is -6.21. The van der Waals surface area contributed by atoms with Gasteiger partial charge in [0.25, 0.3) is 0 Å². The van der Waals surface area contributed by atoms with E-state index in [-0.39, 0.29) is 6.54 Å². The largest absolute Gasteiger partial charge is 0.394 e.